The molecule has 0 aliphatic carbocycles. The monoisotopic (exact) mass is 309 g/mol. The number of benzene rings is 2. The molecular formula is C16H17ClFNS. The lowest BCUT2D eigenvalue weighted by Gasteiger charge is -2.12. The molecule has 20 heavy (non-hydrogen) atoms. The van der Waals surface area contributed by atoms with Gasteiger partial charge in [0.25, 0.3) is 0 Å². The second kappa shape index (κ2) is 7.11. The van der Waals surface area contributed by atoms with Crippen LogP contribution in [0.25, 0.3) is 0 Å². The highest BCUT2D eigenvalue weighted by Gasteiger charge is 2.08. The van der Waals surface area contributed by atoms with E-state index >= 15 is 0 Å². The van der Waals surface area contributed by atoms with Crippen LogP contribution in [0.4, 0.5) is 4.39 Å². The number of rotatable bonds is 5. The van der Waals surface area contributed by atoms with E-state index in [2.05, 4.69) is 5.32 Å². The molecule has 1 N–H and O–H groups in total. The Kier molecular flexibility index (Phi) is 5.46. The van der Waals surface area contributed by atoms with E-state index in [0.717, 1.165) is 21.9 Å². The first kappa shape index (κ1) is 15.4. The van der Waals surface area contributed by atoms with Gasteiger partial charge in [0.15, 0.2) is 0 Å². The third kappa shape index (κ3) is 3.98. The van der Waals surface area contributed by atoms with Crippen LogP contribution in [0.3, 0.4) is 0 Å². The van der Waals surface area contributed by atoms with Crippen molar-refractivity contribution in [2.24, 2.45) is 0 Å². The molecule has 4 heteroatoms. The Hall–Kier alpha value is -1.03. The van der Waals surface area contributed by atoms with E-state index in [0.29, 0.717) is 4.90 Å². The second-order valence-electron chi connectivity index (χ2n) is 4.62. The average molecular weight is 310 g/mol. The minimum Gasteiger partial charge on any atom is -0.313 e. The highest BCUT2D eigenvalue weighted by molar-refractivity contribution is 7.98. The summed E-state index contributed by atoms with van der Waals surface area (Å²) in [4.78, 5) is 0.673. The molecule has 0 spiro atoms. The minimum atomic E-state index is -0.163. The van der Waals surface area contributed by atoms with E-state index in [4.69, 9.17) is 11.6 Å². The molecular weight excluding hydrogens is 293 g/mol. The molecule has 0 saturated carbocycles. The Labute approximate surface area is 128 Å². The Morgan fingerprint density at radius 2 is 1.90 bits per heavy atom. The largest absolute Gasteiger partial charge is 0.313 e. The van der Waals surface area contributed by atoms with Gasteiger partial charge in [0, 0.05) is 21.7 Å². The number of thioether (sulfide) groups is 1. The van der Waals surface area contributed by atoms with Gasteiger partial charge in [0.2, 0.25) is 0 Å². The molecule has 2 aromatic rings. The molecule has 1 nitrogen and oxygen atoms in total. The highest BCUT2D eigenvalue weighted by atomic mass is 35.5. The van der Waals surface area contributed by atoms with Crippen molar-refractivity contribution in [1.29, 1.82) is 0 Å². The van der Waals surface area contributed by atoms with Crippen molar-refractivity contribution in [2.75, 3.05) is 7.05 Å². The zero-order valence-electron chi connectivity index (χ0n) is 11.5. The van der Waals surface area contributed by atoms with Crippen LogP contribution in [-0.4, -0.2) is 7.05 Å². The van der Waals surface area contributed by atoms with Crippen molar-refractivity contribution in [3.8, 4) is 0 Å². The van der Waals surface area contributed by atoms with Gasteiger partial charge in [-0.1, -0.05) is 29.8 Å². The summed E-state index contributed by atoms with van der Waals surface area (Å²) in [5.41, 5.74) is 2.09. The van der Waals surface area contributed by atoms with E-state index in [9.17, 15) is 4.39 Å². The van der Waals surface area contributed by atoms with E-state index in [1.54, 1.807) is 6.07 Å². The molecule has 0 aliphatic heterocycles. The molecule has 2 rings (SSSR count). The standard InChI is InChI=1S/C16H17ClFNS/c1-11(19-2)13-5-8-16(15(18)9-13)20-10-12-3-6-14(17)7-4-12/h3-9,11,19H,10H2,1-2H3. The van der Waals surface area contributed by atoms with Crippen LogP contribution in [0.1, 0.15) is 24.1 Å². The molecule has 1 atom stereocenters. The average Bonchev–Trinajstić information content (AvgIpc) is 2.46. The van der Waals surface area contributed by atoms with E-state index in [-0.39, 0.29) is 11.9 Å². The highest BCUT2D eigenvalue weighted by Crippen LogP contribution is 2.28. The lowest BCUT2D eigenvalue weighted by molar-refractivity contribution is 0.587. The quantitative estimate of drug-likeness (QED) is 0.775. The molecule has 0 fully saturated rings. The third-order valence-electron chi connectivity index (χ3n) is 3.20. The summed E-state index contributed by atoms with van der Waals surface area (Å²) in [6.07, 6.45) is 0. The van der Waals surface area contributed by atoms with Crippen LogP contribution >= 0.6 is 23.4 Å². The van der Waals surface area contributed by atoms with Crippen molar-refractivity contribution in [3.05, 3.63) is 64.4 Å². The fraction of sp³-hybridized carbons (Fsp3) is 0.250. The summed E-state index contributed by atoms with van der Waals surface area (Å²) in [5, 5.41) is 3.82. The summed E-state index contributed by atoms with van der Waals surface area (Å²) in [7, 11) is 1.87. The number of halogens is 2. The fourth-order valence-corrected chi connectivity index (χ4v) is 2.81. The van der Waals surface area contributed by atoms with Crippen LogP contribution in [0, 0.1) is 5.82 Å². The Bertz CT molecular complexity index is 571. The minimum absolute atomic E-state index is 0.153. The first-order valence-electron chi connectivity index (χ1n) is 6.44. The van der Waals surface area contributed by atoms with Crippen molar-refractivity contribution in [2.45, 2.75) is 23.6 Å². The molecule has 0 aliphatic rings. The van der Waals surface area contributed by atoms with Crippen LogP contribution in [0.2, 0.25) is 5.02 Å². The van der Waals surface area contributed by atoms with E-state index < -0.39 is 0 Å². The molecule has 2 aromatic carbocycles. The second-order valence-corrected chi connectivity index (χ2v) is 6.07. The van der Waals surface area contributed by atoms with Crippen molar-refractivity contribution >= 4 is 23.4 Å². The molecule has 1 unspecified atom stereocenters. The SMILES string of the molecule is CNC(C)c1ccc(SCc2ccc(Cl)cc2)c(F)c1. The molecule has 0 heterocycles. The van der Waals surface area contributed by atoms with Gasteiger partial charge in [-0.2, -0.15) is 0 Å². The zero-order valence-corrected chi connectivity index (χ0v) is 13.1. The van der Waals surface area contributed by atoms with Gasteiger partial charge < -0.3 is 5.32 Å². The Morgan fingerprint density at radius 1 is 1.20 bits per heavy atom. The van der Waals surface area contributed by atoms with Crippen LogP contribution in [0.15, 0.2) is 47.4 Å². The molecule has 0 radical (unpaired) electrons. The van der Waals surface area contributed by atoms with Crippen LogP contribution < -0.4 is 5.32 Å². The maximum atomic E-state index is 14.0. The molecule has 106 valence electrons. The van der Waals surface area contributed by atoms with Gasteiger partial charge in [-0.15, -0.1) is 11.8 Å². The first-order valence-corrected chi connectivity index (χ1v) is 7.80. The van der Waals surface area contributed by atoms with Gasteiger partial charge in [-0.05, 0) is 49.4 Å². The number of hydrogen-bond acceptors (Lipinski definition) is 2. The lowest BCUT2D eigenvalue weighted by Crippen LogP contribution is -2.12. The van der Waals surface area contributed by atoms with E-state index in [1.165, 1.54) is 11.8 Å². The Balaban J connectivity index is 2.04. The molecule has 0 aromatic heterocycles. The molecule has 0 saturated heterocycles. The third-order valence-corrected chi connectivity index (χ3v) is 4.57. The number of hydrogen-bond donors (Lipinski definition) is 1. The zero-order chi connectivity index (χ0) is 14.5. The maximum absolute atomic E-state index is 14.0. The normalized spacial score (nSPS) is 12.4. The molecule has 0 bridgehead atoms. The van der Waals surface area contributed by atoms with E-state index in [1.807, 2.05) is 50.4 Å². The predicted octanol–water partition coefficient (Wildman–Crippen LogP) is 5.05. The first-order chi connectivity index (χ1) is 9.60. The maximum Gasteiger partial charge on any atom is 0.137 e. The summed E-state index contributed by atoms with van der Waals surface area (Å²) in [5.74, 6) is 0.568. The molecule has 0 amide bonds. The topological polar surface area (TPSA) is 12.0 Å². The van der Waals surface area contributed by atoms with Gasteiger partial charge in [0.05, 0.1) is 0 Å². The van der Waals surface area contributed by atoms with Gasteiger partial charge >= 0.3 is 0 Å². The van der Waals surface area contributed by atoms with Gasteiger partial charge in [-0.3, -0.25) is 0 Å². The summed E-state index contributed by atoms with van der Waals surface area (Å²) >= 11 is 7.34. The fourth-order valence-electron chi connectivity index (χ4n) is 1.81. The van der Waals surface area contributed by atoms with Crippen molar-refractivity contribution < 1.29 is 4.39 Å². The number of nitrogens with one attached hydrogen (secondary N) is 1. The van der Waals surface area contributed by atoms with Crippen molar-refractivity contribution in [1.82, 2.24) is 5.32 Å². The lowest BCUT2D eigenvalue weighted by atomic mass is 10.1. The van der Waals surface area contributed by atoms with Crippen molar-refractivity contribution in [3.63, 3.8) is 0 Å². The summed E-state index contributed by atoms with van der Waals surface area (Å²) in [6.45, 7) is 2.01. The van der Waals surface area contributed by atoms with Gasteiger partial charge in [-0.25, -0.2) is 4.39 Å². The predicted molar refractivity (Wildman–Crippen MR) is 84.9 cm³/mol. The summed E-state index contributed by atoms with van der Waals surface area (Å²) in [6, 6.07) is 13.2. The van der Waals surface area contributed by atoms with Crippen LogP contribution in [0.5, 0.6) is 0 Å². The smallest absolute Gasteiger partial charge is 0.137 e. The Morgan fingerprint density at radius 3 is 2.50 bits per heavy atom. The van der Waals surface area contributed by atoms with Crippen LogP contribution in [-0.2, 0) is 5.75 Å². The summed E-state index contributed by atoms with van der Waals surface area (Å²) < 4.78 is 14.0. The van der Waals surface area contributed by atoms with Gasteiger partial charge in [0.1, 0.15) is 5.82 Å².